The lowest BCUT2D eigenvalue weighted by molar-refractivity contribution is -0.132. The topological polar surface area (TPSA) is 106 Å². The second-order valence-corrected chi connectivity index (χ2v) is 9.95. The van der Waals surface area contributed by atoms with Crippen LogP contribution >= 0.6 is 11.3 Å². The van der Waals surface area contributed by atoms with E-state index in [0.717, 1.165) is 21.3 Å². The molecule has 0 bridgehead atoms. The van der Waals surface area contributed by atoms with E-state index in [4.69, 9.17) is 14.5 Å². The van der Waals surface area contributed by atoms with Gasteiger partial charge in [0.25, 0.3) is 5.78 Å². The number of nitrogens with zero attached hydrogens (tertiary/aromatic N) is 2. The highest BCUT2D eigenvalue weighted by Gasteiger charge is 2.48. The number of methoxy groups -OCH3 is 2. The van der Waals surface area contributed by atoms with Crippen LogP contribution in [0.3, 0.4) is 0 Å². The van der Waals surface area contributed by atoms with E-state index in [1.54, 1.807) is 48.5 Å². The van der Waals surface area contributed by atoms with Crippen molar-refractivity contribution in [2.75, 3.05) is 19.1 Å². The number of benzene rings is 3. The van der Waals surface area contributed by atoms with E-state index in [2.05, 4.69) is 0 Å². The van der Waals surface area contributed by atoms with E-state index in [9.17, 15) is 19.5 Å². The molecule has 0 radical (unpaired) electrons. The number of Topliss-reactive ketones (excluding diaryl/α,β-unsaturated/α-hetero) is 1. The first-order valence-electron chi connectivity index (χ1n) is 11.7. The van der Waals surface area contributed by atoms with Crippen LogP contribution in [0.4, 0.5) is 5.13 Å². The Morgan fingerprint density at radius 3 is 2.26 bits per heavy atom. The van der Waals surface area contributed by atoms with Gasteiger partial charge in [-0.05, 0) is 73.0 Å². The summed E-state index contributed by atoms with van der Waals surface area (Å²) in [5.74, 6) is -1.87. The highest BCUT2D eigenvalue weighted by Crippen LogP contribution is 2.44. The molecule has 0 unspecified atom stereocenters. The molecule has 0 spiro atoms. The lowest BCUT2D eigenvalue weighted by Crippen LogP contribution is -2.29. The Morgan fingerprint density at radius 1 is 0.974 bits per heavy atom. The fourth-order valence-electron chi connectivity index (χ4n) is 4.63. The van der Waals surface area contributed by atoms with Gasteiger partial charge in [-0.1, -0.05) is 29.5 Å². The maximum Gasteiger partial charge on any atom is 0.337 e. The van der Waals surface area contributed by atoms with Gasteiger partial charge in [0.05, 0.1) is 41.6 Å². The van der Waals surface area contributed by atoms with Crippen LogP contribution in [-0.4, -0.2) is 42.0 Å². The first kappa shape index (κ1) is 25.2. The van der Waals surface area contributed by atoms with Gasteiger partial charge >= 0.3 is 11.9 Å². The van der Waals surface area contributed by atoms with Crippen LogP contribution in [0.1, 0.15) is 38.7 Å². The molecule has 1 aliphatic rings. The number of amides is 1. The van der Waals surface area contributed by atoms with Crippen molar-refractivity contribution in [2.24, 2.45) is 0 Å². The molecule has 1 atom stereocenters. The van der Waals surface area contributed by atoms with Gasteiger partial charge in [0.2, 0.25) is 0 Å². The standard InChI is InChI=1S/C29H24N2O6S/c1-15-13-16(2)23-21(14-15)38-29(30-23)31-24(17-5-7-19(8-6-17)28(35)37-4)22(26(33)27(31)34)25(32)18-9-11-20(36-3)12-10-18/h5-14,24,32H,1-4H3/t24-/m1/s1. The van der Waals surface area contributed by atoms with Gasteiger partial charge in [-0.15, -0.1) is 0 Å². The summed E-state index contributed by atoms with van der Waals surface area (Å²) in [7, 11) is 2.82. The minimum atomic E-state index is -0.967. The van der Waals surface area contributed by atoms with Crippen molar-refractivity contribution < 1.29 is 29.0 Å². The number of ether oxygens (including phenoxy) is 2. The lowest BCUT2D eigenvalue weighted by atomic mass is 9.94. The molecule has 9 heteroatoms. The predicted octanol–water partition coefficient (Wildman–Crippen LogP) is 5.33. The Kier molecular flexibility index (Phi) is 6.46. The van der Waals surface area contributed by atoms with Crippen molar-refractivity contribution in [2.45, 2.75) is 19.9 Å². The molecule has 192 valence electrons. The van der Waals surface area contributed by atoms with Crippen LogP contribution in [0.2, 0.25) is 0 Å². The normalized spacial score (nSPS) is 16.7. The second-order valence-electron chi connectivity index (χ2n) is 8.94. The zero-order valence-electron chi connectivity index (χ0n) is 21.1. The zero-order valence-corrected chi connectivity index (χ0v) is 22.0. The minimum absolute atomic E-state index is 0.0712. The summed E-state index contributed by atoms with van der Waals surface area (Å²) in [5, 5.41) is 11.7. The SMILES string of the molecule is COC(=O)c1ccc([C@@H]2C(=C(O)c3ccc(OC)cc3)C(=O)C(=O)N2c2nc3c(C)cc(C)cc3s2)cc1. The van der Waals surface area contributed by atoms with E-state index in [0.29, 0.717) is 27.6 Å². The molecular weight excluding hydrogens is 504 g/mol. The number of hydrogen-bond donors (Lipinski definition) is 1. The van der Waals surface area contributed by atoms with Crippen LogP contribution < -0.4 is 9.64 Å². The Bertz CT molecular complexity index is 1620. The molecule has 1 aliphatic heterocycles. The molecule has 0 saturated carbocycles. The van der Waals surface area contributed by atoms with Crippen LogP contribution in [0.5, 0.6) is 5.75 Å². The molecule has 38 heavy (non-hydrogen) atoms. The number of aromatic nitrogens is 1. The molecule has 1 N–H and O–H groups in total. The number of rotatable bonds is 5. The summed E-state index contributed by atoms with van der Waals surface area (Å²) in [6.07, 6.45) is 0. The molecule has 1 aromatic heterocycles. The molecule has 8 nitrogen and oxygen atoms in total. The third kappa shape index (κ3) is 4.20. The fourth-order valence-corrected chi connectivity index (χ4v) is 5.80. The number of aliphatic hydroxyl groups is 1. The molecular formula is C29H24N2O6S. The van der Waals surface area contributed by atoms with E-state index in [1.165, 1.54) is 30.5 Å². The Hall–Kier alpha value is -4.50. The Morgan fingerprint density at radius 2 is 1.63 bits per heavy atom. The molecule has 1 saturated heterocycles. The highest BCUT2D eigenvalue weighted by molar-refractivity contribution is 7.22. The summed E-state index contributed by atoms with van der Waals surface area (Å²) in [6, 6.07) is 16.0. The van der Waals surface area contributed by atoms with Crippen molar-refractivity contribution in [1.29, 1.82) is 0 Å². The van der Waals surface area contributed by atoms with Crippen molar-refractivity contribution in [3.8, 4) is 5.75 Å². The Balaban J connectivity index is 1.71. The summed E-state index contributed by atoms with van der Waals surface area (Å²) in [5.41, 5.74) is 3.88. The number of fused-ring (bicyclic) bond motifs is 1. The van der Waals surface area contributed by atoms with Gasteiger partial charge in [0.1, 0.15) is 11.5 Å². The average molecular weight is 529 g/mol. The first-order valence-corrected chi connectivity index (χ1v) is 12.6. The fraction of sp³-hybridized carbons (Fsp3) is 0.172. The zero-order chi connectivity index (χ0) is 27.1. The number of carbonyl (C=O) groups excluding carboxylic acids is 3. The quantitative estimate of drug-likeness (QED) is 0.161. The van der Waals surface area contributed by atoms with Crippen molar-refractivity contribution >= 4 is 50.1 Å². The molecule has 4 aromatic rings. The third-order valence-electron chi connectivity index (χ3n) is 6.48. The summed E-state index contributed by atoms with van der Waals surface area (Å²) in [6.45, 7) is 3.93. The minimum Gasteiger partial charge on any atom is -0.507 e. The molecule has 1 amide bonds. The number of esters is 1. The summed E-state index contributed by atoms with van der Waals surface area (Å²) >= 11 is 1.30. The molecule has 5 rings (SSSR count). The number of hydrogen-bond acceptors (Lipinski definition) is 8. The maximum absolute atomic E-state index is 13.5. The molecule has 0 aliphatic carbocycles. The van der Waals surface area contributed by atoms with E-state index < -0.39 is 23.7 Å². The summed E-state index contributed by atoms with van der Waals surface area (Å²) < 4.78 is 10.9. The first-order chi connectivity index (χ1) is 18.2. The molecule has 3 aromatic carbocycles. The monoisotopic (exact) mass is 528 g/mol. The van der Waals surface area contributed by atoms with Gasteiger partial charge in [0, 0.05) is 5.56 Å². The number of aliphatic hydroxyl groups excluding tert-OH is 1. The lowest BCUT2D eigenvalue weighted by Gasteiger charge is -2.23. The predicted molar refractivity (Wildman–Crippen MR) is 145 cm³/mol. The second kappa shape index (κ2) is 9.75. The van der Waals surface area contributed by atoms with E-state index in [-0.39, 0.29) is 11.3 Å². The van der Waals surface area contributed by atoms with Crippen LogP contribution in [0, 0.1) is 13.8 Å². The van der Waals surface area contributed by atoms with E-state index >= 15 is 0 Å². The third-order valence-corrected chi connectivity index (χ3v) is 7.48. The summed E-state index contributed by atoms with van der Waals surface area (Å²) in [4.78, 5) is 45.0. The van der Waals surface area contributed by atoms with Crippen molar-refractivity contribution in [3.05, 3.63) is 94.1 Å². The number of carbonyl (C=O) groups is 3. The number of anilines is 1. The largest absolute Gasteiger partial charge is 0.507 e. The maximum atomic E-state index is 13.5. The van der Waals surface area contributed by atoms with Gasteiger partial charge < -0.3 is 14.6 Å². The van der Waals surface area contributed by atoms with Gasteiger partial charge in [-0.2, -0.15) is 0 Å². The highest BCUT2D eigenvalue weighted by atomic mass is 32.1. The Labute approximate surface area is 222 Å². The van der Waals surface area contributed by atoms with E-state index in [1.807, 2.05) is 26.0 Å². The molecule has 1 fully saturated rings. The van der Waals surface area contributed by atoms with Crippen molar-refractivity contribution in [1.82, 2.24) is 4.98 Å². The van der Waals surface area contributed by atoms with Gasteiger partial charge in [-0.3, -0.25) is 14.5 Å². The smallest absolute Gasteiger partial charge is 0.337 e. The van der Waals surface area contributed by atoms with Crippen LogP contribution in [0.25, 0.3) is 16.0 Å². The van der Waals surface area contributed by atoms with Gasteiger partial charge in [0.15, 0.2) is 5.13 Å². The number of ketones is 1. The average Bonchev–Trinajstić information content (AvgIpc) is 3.46. The van der Waals surface area contributed by atoms with Crippen molar-refractivity contribution in [3.63, 3.8) is 0 Å². The molecule has 2 heterocycles. The number of aryl methyl sites for hydroxylation is 2. The van der Waals surface area contributed by atoms with Crippen LogP contribution in [0.15, 0.2) is 66.2 Å². The number of thiazole rings is 1. The van der Waals surface area contributed by atoms with Gasteiger partial charge in [-0.25, -0.2) is 9.78 Å². The van der Waals surface area contributed by atoms with Crippen LogP contribution in [-0.2, 0) is 14.3 Å².